The summed E-state index contributed by atoms with van der Waals surface area (Å²) in [6.07, 6.45) is 1.85. The fraction of sp³-hybridized carbons (Fsp3) is 0.600. The Hall–Kier alpha value is -1.32. The van der Waals surface area contributed by atoms with Crippen molar-refractivity contribution < 1.29 is 9.53 Å². The van der Waals surface area contributed by atoms with E-state index in [1.54, 1.807) is 11.6 Å². The Morgan fingerprint density at radius 1 is 1.50 bits per heavy atom. The summed E-state index contributed by atoms with van der Waals surface area (Å²) >= 11 is 0. The third kappa shape index (κ3) is 1.95. The molecule has 1 rings (SSSR count). The van der Waals surface area contributed by atoms with Crippen LogP contribution in [0.4, 0.5) is 0 Å². The van der Waals surface area contributed by atoms with E-state index in [2.05, 4.69) is 30.5 Å². The molecule has 14 heavy (non-hydrogen) atoms. The molecule has 1 aromatic rings. The topological polar surface area (TPSA) is 44.1 Å². The van der Waals surface area contributed by atoms with Gasteiger partial charge in [-0.1, -0.05) is 20.8 Å². The Morgan fingerprint density at radius 2 is 2.07 bits per heavy atom. The Bertz CT molecular complexity index is 347. The van der Waals surface area contributed by atoms with Gasteiger partial charge in [-0.2, -0.15) is 0 Å². The van der Waals surface area contributed by atoms with Crippen LogP contribution in [0.5, 0.6) is 0 Å². The van der Waals surface area contributed by atoms with Crippen molar-refractivity contribution in [3.05, 3.63) is 17.7 Å². The highest BCUT2D eigenvalue weighted by molar-refractivity contribution is 5.85. The second-order valence-corrected chi connectivity index (χ2v) is 4.30. The molecule has 0 saturated carbocycles. The van der Waals surface area contributed by atoms with Crippen LogP contribution in [0.15, 0.2) is 6.20 Å². The van der Waals surface area contributed by atoms with Crippen LogP contribution in [-0.2, 0) is 17.2 Å². The maximum Gasteiger partial charge on any atom is 0.374 e. The first-order valence-electron chi connectivity index (χ1n) is 4.48. The zero-order valence-corrected chi connectivity index (χ0v) is 9.29. The number of carbonyl (C=O) groups excluding carboxylic acids is 1. The molecular formula is C10H16N2O2. The van der Waals surface area contributed by atoms with E-state index < -0.39 is 5.97 Å². The minimum Gasteiger partial charge on any atom is -0.463 e. The molecule has 0 saturated heterocycles. The average molecular weight is 196 g/mol. The molecule has 1 aromatic heterocycles. The second-order valence-electron chi connectivity index (χ2n) is 4.30. The number of ether oxygens (including phenoxy) is 1. The van der Waals surface area contributed by atoms with Crippen LogP contribution in [0, 0.1) is 0 Å². The zero-order valence-electron chi connectivity index (χ0n) is 9.29. The molecule has 1 heterocycles. The lowest BCUT2D eigenvalue weighted by molar-refractivity contribution is 0.0582. The van der Waals surface area contributed by atoms with E-state index in [-0.39, 0.29) is 5.41 Å². The van der Waals surface area contributed by atoms with Crippen molar-refractivity contribution in [3.63, 3.8) is 0 Å². The summed E-state index contributed by atoms with van der Waals surface area (Å²) in [7, 11) is 3.14. The van der Waals surface area contributed by atoms with Gasteiger partial charge in [-0.3, -0.25) is 0 Å². The number of aromatic nitrogens is 2. The summed E-state index contributed by atoms with van der Waals surface area (Å²) in [5.41, 5.74) is 0.838. The summed E-state index contributed by atoms with van der Waals surface area (Å²) in [4.78, 5) is 15.5. The van der Waals surface area contributed by atoms with Crippen molar-refractivity contribution in [1.82, 2.24) is 9.55 Å². The van der Waals surface area contributed by atoms with Gasteiger partial charge in [0, 0.05) is 18.7 Å². The van der Waals surface area contributed by atoms with Crippen molar-refractivity contribution in [2.45, 2.75) is 26.2 Å². The molecule has 0 aliphatic heterocycles. The highest BCUT2D eigenvalue weighted by Crippen LogP contribution is 2.20. The molecule has 0 bridgehead atoms. The van der Waals surface area contributed by atoms with Gasteiger partial charge in [0.2, 0.25) is 5.82 Å². The molecule has 0 aliphatic rings. The van der Waals surface area contributed by atoms with E-state index in [1.165, 1.54) is 7.11 Å². The van der Waals surface area contributed by atoms with Crippen LogP contribution in [0.3, 0.4) is 0 Å². The van der Waals surface area contributed by atoms with E-state index in [4.69, 9.17) is 0 Å². The maximum atomic E-state index is 11.3. The quantitative estimate of drug-likeness (QED) is 0.639. The first-order chi connectivity index (χ1) is 6.36. The van der Waals surface area contributed by atoms with Crippen LogP contribution in [0.2, 0.25) is 0 Å². The van der Waals surface area contributed by atoms with Crippen LogP contribution in [0.1, 0.15) is 37.1 Å². The summed E-state index contributed by atoms with van der Waals surface area (Å²) in [5.74, 6) is -0.0552. The molecule has 78 valence electrons. The van der Waals surface area contributed by atoms with Crippen molar-refractivity contribution in [2.75, 3.05) is 7.11 Å². The van der Waals surface area contributed by atoms with Gasteiger partial charge in [-0.25, -0.2) is 9.78 Å². The molecule has 0 N–H and O–H groups in total. The lowest BCUT2D eigenvalue weighted by atomic mass is 9.93. The summed E-state index contributed by atoms with van der Waals surface area (Å²) < 4.78 is 6.31. The van der Waals surface area contributed by atoms with Crippen molar-refractivity contribution >= 4 is 5.97 Å². The van der Waals surface area contributed by atoms with Crippen molar-refractivity contribution in [2.24, 2.45) is 7.05 Å². The molecule has 0 amide bonds. The second kappa shape index (κ2) is 3.44. The van der Waals surface area contributed by atoms with Gasteiger partial charge in [0.25, 0.3) is 0 Å². The van der Waals surface area contributed by atoms with E-state index in [1.807, 2.05) is 6.20 Å². The van der Waals surface area contributed by atoms with Gasteiger partial charge in [0.05, 0.1) is 12.8 Å². The molecule has 0 fully saturated rings. The summed E-state index contributed by atoms with van der Waals surface area (Å²) in [6.45, 7) is 6.16. The first-order valence-corrected chi connectivity index (χ1v) is 4.48. The number of aryl methyl sites for hydroxylation is 1. The van der Waals surface area contributed by atoms with Crippen LogP contribution < -0.4 is 0 Å². The number of rotatable bonds is 1. The first kappa shape index (κ1) is 10.8. The molecule has 0 radical (unpaired) electrons. The standard InChI is InChI=1S/C10H16N2O2/c1-10(2,3)7-6-12(4)8(11-7)9(13)14-5/h6H,1-5H3. The van der Waals surface area contributed by atoms with E-state index in [9.17, 15) is 4.79 Å². The van der Waals surface area contributed by atoms with Gasteiger partial charge >= 0.3 is 5.97 Å². The number of methoxy groups -OCH3 is 1. The minimum atomic E-state index is -0.400. The monoisotopic (exact) mass is 196 g/mol. The molecular weight excluding hydrogens is 180 g/mol. The Kier molecular flexibility index (Phi) is 2.64. The Labute approximate surface area is 83.9 Å². The van der Waals surface area contributed by atoms with Crippen LogP contribution >= 0.6 is 0 Å². The van der Waals surface area contributed by atoms with Gasteiger partial charge < -0.3 is 9.30 Å². The molecule has 0 unspecified atom stereocenters. The SMILES string of the molecule is COC(=O)c1nc(C(C)(C)C)cn1C. The Balaban J connectivity index is 3.12. The lowest BCUT2D eigenvalue weighted by Crippen LogP contribution is -2.12. The molecule has 0 aromatic carbocycles. The number of carbonyl (C=O) groups is 1. The van der Waals surface area contributed by atoms with Crippen molar-refractivity contribution in [3.8, 4) is 0 Å². The zero-order chi connectivity index (χ0) is 10.9. The number of imidazole rings is 1. The average Bonchev–Trinajstić information content (AvgIpc) is 2.45. The highest BCUT2D eigenvalue weighted by atomic mass is 16.5. The normalized spacial score (nSPS) is 11.5. The van der Waals surface area contributed by atoms with Gasteiger partial charge in [-0.05, 0) is 0 Å². The van der Waals surface area contributed by atoms with E-state index in [0.717, 1.165) is 5.69 Å². The smallest absolute Gasteiger partial charge is 0.374 e. The molecule has 4 nitrogen and oxygen atoms in total. The largest absolute Gasteiger partial charge is 0.463 e. The molecule has 0 aliphatic carbocycles. The summed E-state index contributed by atoms with van der Waals surface area (Å²) in [5, 5.41) is 0. The number of esters is 1. The predicted molar refractivity (Wildman–Crippen MR) is 53.2 cm³/mol. The third-order valence-corrected chi connectivity index (χ3v) is 2.01. The predicted octanol–water partition coefficient (Wildman–Crippen LogP) is 1.50. The Morgan fingerprint density at radius 3 is 2.43 bits per heavy atom. The molecule has 0 spiro atoms. The fourth-order valence-electron chi connectivity index (χ4n) is 1.11. The minimum absolute atomic E-state index is 0.0516. The van der Waals surface area contributed by atoms with E-state index in [0.29, 0.717) is 5.82 Å². The molecule has 4 heteroatoms. The third-order valence-electron chi connectivity index (χ3n) is 2.01. The highest BCUT2D eigenvalue weighted by Gasteiger charge is 2.21. The van der Waals surface area contributed by atoms with Crippen molar-refractivity contribution in [1.29, 1.82) is 0 Å². The van der Waals surface area contributed by atoms with E-state index >= 15 is 0 Å². The molecule has 0 atom stereocenters. The summed E-state index contributed by atoms with van der Waals surface area (Å²) in [6, 6.07) is 0. The number of hydrogen-bond acceptors (Lipinski definition) is 3. The number of nitrogens with zero attached hydrogens (tertiary/aromatic N) is 2. The van der Waals surface area contributed by atoms with Gasteiger partial charge in [-0.15, -0.1) is 0 Å². The fourth-order valence-corrected chi connectivity index (χ4v) is 1.11. The van der Waals surface area contributed by atoms with Gasteiger partial charge in [0.15, 0.2) is 0 Å². The van der Waals surface area contributed by atoms with Crippen LogP contribution in [-0.4, -0.2) is 22.6 Å². The maximum absolute atomic E-state index is 11.3. The van der Waals surface area contributed by atoms with Gasteiger partial charge in [0.1, 0.15) is 0 Å². The number of hydrogen-bond donors (Lipinski definition) is 0. The lowest BCUT2D eigenvalue weighted by Gasteiger charge is -2.13. The van der Waals surface area contributed by atoms with Crippen LogP contribution in [0.25, 0.3) is 0 Å².